The molecule has 0 fully saturated rings. The van der Waals surface area contributed by atoms with Crippen molar-refractivity contribution in [3.05, 3.63) is 52.3 Å². The van der Waals surface area contributed by atoms with E-state index in [0.29, 0.717) is 18.7 Å². The zero-order chi connectivity index (χ0) is 21.4. The summed E-state index contributed by atoms with van der Waals surface area (Å²) >= 11 is 0. The molecule has 0 radical (unpaired) electrons. The van der Waals surface area contributed by atoms with Gasteiger partial charge >= 0.3 is 0 Å². The molecule has 1 amide bonds. The molecule has 0 aliphatic rings. The number of carbonyl (C=O) groups is 1. The number of nitrogens with zero attached hydrogens (tertiary/aromatic N) is 4. The van der Waals surface area contributed by atoms with Gasteiger partial charge in [0.05, 0.1) is 12.2 Å². The molecule has 0 unspecified atom stereocenters. The molecule has 1 heterocycles. The maximum absolute atomic E-state index is 12.0. The fourth-order valence-corrected chi connectivity index (χ4v) is 3.29. The van der Waals surface area contributed by atoms with Gasteiger partial charge in [0.1, 0.15) is 0 Å². The average Bonchev–Trinajstić information content (AvgIpc) is 3.04. The summed E-state index contributed by atoms with van der Waals surface area (Å²) < 4.78 is 1.98. The average molecular weight is 399 g/mol. The second-order valence-electron chi connectivity index (χ2n) is 7.15. The summed E-state index contributed by atoms with van der Waals surface area (Å²) in [5.41, 5.74) is 5.39. The van der Waals surface area contributed by atoms with E-state index in [1.165, 1.54) is 11.3 Å². The Labute approximate surface area is 174 Å². The van der Waals surface area contributed by atoms with Crippen molar-refractivity contribution in [2.75, 3.05) is 20.6 Å². The van der Waals surface area contributed by atoms with E-state index in [4.69, 9.17) is 4.99 Å². The van der Waals surface area contributed by atoms with Crippen LogP contribution in [0.5, 0.6) is 0 Å². The predicted octanol–water partition coefficient (Wildman–Crippen LogP) is 2.50. The molecular weight excluding hydrogens is 364 g/mol. The van der Waals surface area contributed by atoms with Gasteiger partial charge in [-0.15, -0.1) is 0 Å². The topological polar surface area (TPSA) is 74.6 Å². The highest BCUT2D eigenvalue weighted by atomic mass is 16.2. The highest BCUT2D eigenvalue weighted by molar-refractivity contribution is 5.93. The number of amides is 1. The van der Waals surface area contributed by atoms with E-state index in [1.807, 2.05) is 36.0 Å². The highest BCUT2D eigenvalue weighted by Gasteiger charge is 2.14. The Kier molecular flexibility index (Phi) is 8.24. The van der Waals surface area contributed by atoms with E-state index in [1.54, 1.807) is 19.0 Å². The summed E-state index contributed by atoms with van der Waals surface area (Å²) in [5, 5.41) is 11.4. The van der Waals surface area contributed by atoms with Crippen molar-refractivity contribution >= 4 is 11.9 Å². The third-order valence-corrected chi connectivity index (χ3v) is 4.83. The summed E-state index contributed by atoms with van der Waals surface area (Å²) in [7, 11) is 5.52. The molecule has 0 atom stereocenters. The van der Waals surface area contributed by atoms with Crippen LogP contribution in [0.1, 0.15) is 53.6 Å². The van der Waals surface area contributed by atoms with Gasteiger partial charge in [0.2, 0.25) is 0 Å². The first kappa shape index (κ1) is 22.5. The molecule has 7 heteroatoms. The van der Waals surface area contributed by atoms with Crippen LogP contribution in [-0.2, 0) is 33.0 Å². The molecular formula is C22H34N6O. The number of hydrogen-bond donors (Lipinski definition) is 2. The molecule has 158 valence electrons. The molecule has 0 bridgehead atoms. The Hall–Kier alpha value is -2.83. The Balaban J connectivity index is 2.08. The maximum atomic E-state index is 12.0. The fourth-order valence-electron chi connectivity index (χ4n) is 3.29. The summed E-state index contributed by atoms with van der Waals surface area (Å²) in [5.74, 6) is 0.777. The van der Waals surface area contributed by atoms with Crippen LogP contribution in [0.4, 0.5) is 0 Å². The molecule has 1 aromatic heterocycles. The molecule has 2 aromatic rings. The molecule has 0 spiro atoms. The van der Waals surface area contributed by atoms with Gasteiger partial charge in [-0.25, -0.2) is 4.99 Å². The van der Waals surface area contributed by atoms with E-state index < -0.39 is 0 Å². The van der Waals surface area contributed by atoms with Crippen molar-refractivity contribution in [3.63, 3.8) is 0 Å². The number of nitrogens with one attached hydrogen (secondary N) is 2. The van der Waals surface area contributed by atoms with Crippen molar-refractivity contribution < 1.29 is 4.79 Å². The highest BCUT2D eigenvalue weighted by Crippen LogP contribution is 2.15. The van der Waals surface area contributed by atoms with Crippen LogP contribution in [-0.4, -0.2) is 47.2 Å². The van der Waals surface area contributed by atoms with Crippen LogP contribution in [0, 0.1) is 0 Å². The van der Waals surface area contributed by atoms with Crippen LogP contribution in [0.2, 0.25) is 0 Å². The summed E-state index contributed by atoms with van der Waals surface area (Å²) in [4.78, 5) is 18.3. The number of aryl methyl sites for hydroxylation is 2. The zero-order valence-corrected chi connectivity index (χ0v) is 18.5. The minimum atomic E-state index is 0.00461. The first-order chi connectivity index (χ1) is 13.9. The predicted molar refractivity (Wildman–Crippen MR) is 118 cm³/mol. The largest absolute Gasteiger partial charge is 0.357 e. The molecule has 0 aliphatic carbocycles. The normalized spacial score (nSPS) is 11.4. The molecule has 0 saturated carbocycles. The third kappa shape index (κ3) is 5.82. The second kappa shape index (κ2) is 10.6. The third-order valence-electron chi connectivity index (χ3n) is 4.83. The smallest absolute Gasteiger partial charge is 0.253 e. The first-order valence-corrected chi connectivity index (χ1v) is 10.3. The minimum absolute atomic E-state index is 0.00461. The number of hydrogen-bond acceptors (Lipinski definition) is 3. The van der Waals surface area contributed by atoms with Crippen molar-refractivity contribution in [1.82, 2.24) is 25.3 Å². The molecule has 0 saturated heterocycles. The van der Waals surface area contributed by atoms with Gasteiger partial charge < -0.3 is 15.5 Å². The number of benzene rings is 1. The number of aliphatic imine (C=N–C) groups is 1. The van der Waals surface area contributed by atoms with Crippen molar-refractivity contribution in [2.45, 2.75) is 46.7 Å². The molecule has 2 N–H and O–H groups in total. The van der Waals surface area contributed by atoms with E-state index in [0.717, 1.165) is 36.6 Å². The first-order valence-electron chi connectivity index (χ1n) is 10.3. The lowest BCUT2D eigenvalue weighted by molar-refractivity contribution is 0.0827. The van der Waals surface area contributed by atoms with Crippen molar-refractivity contribution in [3.8, 4) is 0 Å². The molecule has 29 heavy (non-hydrogen) atoms. The maximum Gasteiger partial charge on any atom is 0.253 e. The Bertz CT molecular complexity index is 836. The van der Waals surface area contributed by atoms with Gasteiger partial charge in [0.15, 0.2) is 5.96 Å². The number of guanidine groups is 1. The Morgan fingerprint density at radius 3 is 2.34 bits per heavy atom. The second-order valence-corrected chi connectivity index (χ2v) is 7.15. The van der Waals surface area contributed by atoms with Crippen LogP contribution < -0.4 is 10.6 Å². The fraction of sp³-hybridized carbons (Fsp3) is 0.500. The van der Waals surface area contributed by atoms with Gasteiger partial charge in [-0.1, -0.05) is 26.0 Å². The number of aromatic nitrogens is 2. The SMILES string of the molecule is CCNC(=NCc1ccc(C(=O)N(C)C)cc1)NCc1c(CC)nn(C)c1CC. The Morgan fingerprint density at radius 2 is 1.79 bits per heavy atom. The Morgan fingerprint density at radius 1 is 1.10 bits per heavy atom. The monoisotopic (exact) mass is 398 g/mol. The van der Waals surface area contributed by atoms with Gasteiger partial charge in [0, 0.05) is 51.1 Å². The standard InChI is InChI=1S/C22H34N6O/c1-7-19-18(20(8-2)28(6)26-19)15-25-22(23-9-3)24-14-16-10-12-17(13-11-16)21(29)27(4)5/h10-13H,7-9,14-15H2,1-6H3,(H2,23,24,25). The van der Waals surface area contributed by atoms with E-state index in [2.05, 4.69) is 36.5 Å². The molecule has 0 aliphatic heterocycles. The lowest BCUT2D eigenvalue weighted by Crippen LogP contribution is -2.37. The summed E-state index contributed by atoms with van der Waals surface area (Å²) in [6, 6.07) is 7.61. The lowest BCUT2D eigenvalue weighted by Gasteiger charge is -2.13. The zero-order valence-electron chi connectivity index (χ0n) is 18.5. The lowest BCUT2D eigenvalue weighted by atomic mass is 10.1. The van der Waals surface area contributed by atoms with Crippen LogP contribution >= 0.6 is 0 Å². The van der Waals surface area contributed by atoms with Crippen molar-refractivity contribution in [2.24, 2.45) is 12.0 Å². The molecule has 2 rings (SSSR count). The van der Waals surface area contributed by atoms with Gasteiger partial charge in [-0.2, -0.15) is 5.10 Å². The van der Waals surface area contributed by atoms with Crippen LogP contribution in [0.25, 0.3) is 0 Å². The van der Waals surface area contributed by atoms with E-state index in [9.17, 15) is 4.79 Å². The van der Waals surface area contributed by atoms with Gasteiger partial charge in [-0.3, -0.25) is 9.48 Å². The van der Waals surface area contributed by atoms with Gasteiger partial charge in [0.25, 0.3) is 5.91 Å². The molecule has 1 aromatic carbocycles. The summed E-state index contributed by atoms with van der Waals surface area (Å²) in [6.07, 6.45) is 1.86. The quantitative estimate of drug-likeness (QED) is 0.529. The van der Waals surface area contributed by atoms with Crippen molar-refractivity contribution in [1.29, 1.82) is 0 Å². The summed E-state index contributed by atoms with van der Waals surface area (Å²) in [6.45, 7) is 8.37. The number of carbonyl (C=O) groups excluding carboxylic acids is 1. The van der Waals surface area contributed by atoms with Gasteiger partial charge in [-0.05, 0) is 37.5 Å². The number of rotatable bonds is 8. The van der Waals surface area contributed by atoms with Crippen LogP contribution in [0.15, 0.2) is 29.3 Å². The minimum Gasteiger partial charge on any atom is -0.357 e. The van der Waals surface area contributed by atoms with E-state index in [-0.39, 0.29) is 5.91 Å². The van der Waals surface area contributed by atoms with Crippen LogP contribution in [0.3, 0.4) is 0 Å². The molecule has 7 nitrogen and oxygen atoms in total. The van der Waals surface area contributed by atoms with E-state index >= 15 is 0 Å².